The number of thiazole rings is 1. The number of hydrogen-bond acceptors (Lipinski definition) is 4. The van der Waals surface area contributed by atoms with Crippen molar-refractivity contribution in [2.75, 3.05) is 31.5 Å². The van der Waals surface area contributed by atoms with Gasteiger partial charge in [-0.3, -0.25) is 4.79 Å². The Morgan fingerprint density at radius 3 is 2.46 bits per heavy atom. The molecule has 2 saturated heterocycles. The molecule has 6 nitrogen and oxygen atoms in total. The summed E-state index contributed by atoms with van der Waals surface area (Å²) in [4.78, 5) is 33.5. The molecule has 7 heteroatoms. The minimum absolute atomic E-state index is 0.0129. The van der Waals surface area contributed by atoms with Crippen molar-refractivity contribution in [2.24, 2.45) is 5.92 Å². The van der Waals surface area contributed by atoms with Gasteiger partial charge in [-0.25, -0.2) is 9.78 Å². The average Bonchev–Trinajstić information content (AvgIpc) is 3.40. The lowest BCUT2D eigenvalue weighted by Gasteiger charge is -2.33. The fourth-order valence-electron chi connectivity index (χ4n) is 3.96. The van der Waals surface area contributed by atoms with Crippen LogP contribution in [0.2, 0.25) is 0 Å². The van der Waals surface area contributed by atoms with Crippen LogP contribution in [0.1, 0.15) is 31.2 Å². The first kappa shape index (κ1) is 18.9. The van der Waals surface area contributed by atoms with Crippen LogP contribution in [0, 0.1) is 12.8 Å². The molecule has 2 aliphatic heterocycles. The molecule has 1 aromatic heterocycles. The lowest BCUT2D eigenvalue weighted by atomic mass is 9.96. The molecular formula is C21H26N4O2S. The number of nitrogens with one attached hydrogen (secondary N) is 1. The molecule has 1 aromatic carbocycles. The van der Waals surface area contributed by atoms with Crippen LogP contribution in [-0.2, 0) is 4.79 Å². The third-order valence-electron chi connectivity index (χ3n) is 5.67. The Balaban J connectivity index is 1.31. The molecule has 2 aromatic rings. The summed E-state index contributed by atoms with van der Waals surface area (Å²) in [5.41, 5.74) is 3.15. The third-order valence-corrected chi connectivity index (χ3v) is 6.43. The number of carbonyl (C=O) groups is 2. The van der Waals surface area contributed by atoms with E-state index >= 15 is 0 Å². The Morgan fingerprint density at radius 1 is 1.07 bits per heavy atom. The van der Waals surface area contributed by atoms with E-state index in [1.807, 2.05) is 33.4 Å². The van der Waals surface area contributed by atoms with E-state index in [0.29, 0.717) is 31.1 Å². The number of amides is 3. The van der Waals surface area contributed by atoms with Gasteiger partial charge in [0.1, 0.15) is 0 Å². The fourth-order valence-corrected chi connectivity index (χ4v) is 4.68. The molecule has 28 heavy (non-hydrogen) atoms. The highest BCUT2D eigenvalue weighted by molar-refractivity contribution is 7.14. The molecule has 1 N–H and O–H groups in total. The molecular weight excluding hydrogens is 372 g/mol. The van der Waals surface area contributed by atoms with Crippen molar-refractivity contribution < 1.29 is 9.59 Å². The standard InChI is InChI=1S/C21H26N4O2S/c1-15-6-2-3-7-17(15)18-14-28-20(22-18)23-19(26)16-8-12-25(13-9-16)21(27)24-10-4-5-11-24/h2-3,6-7,14,16H,4-5,8-13H2,1H3,(H,22,23,26). The van der Waals surface area contributed by atoms with Crippen LogP contribution < -0.4 is 5.32 Å². The van der Waals surface area contributed by atoms with Gasteiger partial charge in [0.05, 0.1) is 5.69 Å². The van der Waals surface area contributed by atoms with Crippen LogP contribution in [0.3, 0.4) is 0 Å². The number of piperidine rings is 1. The van der Waals surface area contributed by atoms with Crippen molar-refractivity contribution in [3.05, 3.63) is 35.2 Å². The van der Waals surface area contributed by atoms with Gasteiger partial charge < -0.3 is 15.1 Å². The quantitative estimate of drug-likeness (QED) is 0.850. The topological polar surface area (TPSA) is 65.5 Å². The Kier molecular flexibility index (Phi) is 5.62. The van der Waals surface area contributed by atoms with Crippen LogP contribution in [0.5, 0.6) is 0 Å². The van der Waals surface area contributed by atoms with Gasteiger partial charge in [-0.2, -0.15) is 0 Å². The van der Waals surface area contributed by atoms with Crippen LogP contribution in [0.4, 0.5) is 9.93 Å². The van der Waals surface area contributed by atoms with Crippen molar-refractivity contribution >= 4 is 28.4 Å². The smallest absolute Gasteiger partial charge is 0.319 e. The Bertz CT molecular complexity index is 852. The zero-order chi connectivity index (χ0) is 19.5. The summed E-state index contributed by atoms with van der Waals surface area (Å²) in [6.45, 7) is 5.10. The molecule has 0 saturated carbocycles. The molecule has 3 heterocycles. The normalized spacial score (nSPS) is 17.8. The number of hydrogen-bond donors (Lipinski definition) is 1. The summed E-state index contributed by atoms with van der Waals surface area (Å²) in [5.74, 6) is -0.0487. The zero-order valence-corrected chi connectivity index (χ0v) is 17.0. The summed E-state index contributed by atoms with van der Waals surface area (Å²) >= 11 is 1.45. The van der Waals surface area contributed by atoms with E-state index in [9.17, 15) is 9.59 Å². The number of benzene rings is 1. The molecule has 0 spiro atoms. The molecule has 3 amide bonds. The van der Waals surface area contributed by atoms with Crippen molar-refractivity contribution in [3.63, 3.8) is 0 Å². The first-order valence-electron chi connectivity index (χ1n) is 9.98. The van der Waals surface area contributed by atoms with E-state index in [4.69, 9.17) is 0 Å². The van der Waals surface area contributed by atoms with Gasteiger partial charge in [-0.15, -0.1) is 11.3 Å². The lowest BCUT2D eigenvalue weighted by Crippen LogP contribution is -2.47. The maximum atomic E-state index is 12.7. The number of nitrogens with zero attached hydrogens (tertiary/aromatic N) is 3. The highest BCUT2D eigenvalue weighted by atomic mass is 32.1. The summed E-state index contributed by atoms with van der Waals surface area (Å²) in [6, 6.07) is 8.25. The summed E-state index contributed by atoms with van der Waals surface area (Å²) in [5, 5.41) is 5.59. The van der Waals surface area contributed by atoms with E-state index in [1.54, 1.807) is 0 Å². The van der Waals surface area contributed by atoms with Gasteiger partial charge >= 0.3 is 6.03 Å². The minimum Gasteiger partial charge on any atom is -0.325 e. The van der Waals surface area contributed by atoms with Gasteiger partial charge in [0, 0.05) is 43.0 Å². The number of anilines is 1. The SMILES string of the molecule is Cc1ccccc1-c1csc(NC(=O)C2CCN(C(=O)N3CCCC3)CC2)n1. The number of aromatic nitrogens is 1. The highest BCUT2D eigenvalue weighted by Gasteiger charge is 2.30. The van der Waals surface area contributed by atoms with Crippen LogP contribution >= 0.6 is 11.3 Å². The van der Waals surface area contributed by atoms with Crippen molar-refractivity contribution in [2.45, 2.75) is 32.6 Å². The van der Waals surface area contributed by atoms with E-state index in [1.165, 1.54) is 16.9 Å². The molecule has 0 atom stereocenters. The second kappa shape index (κ2) is 8.31. The summed E-state index contributed by atoms with van der Waals surface area (Å²) < 4.78 is 0. The molecule has 148 valence electrons. The Morgan fingerprint density at radius 2 is 1.75 bits per heavy atom. The monoisotopic (exact) mass is 398 g/mol. The number of rotatable bonds is 3. The average molecular weight is 399 g/mol. The summed E-state index contributed by atoms with van der Waals surface area (Å²) in [7, 11) is 0. The second-order valence-electron chi connectivity index (χ2n) is 7.58. The molecule has 0 radical (unpaired) electrons. The van der Waals surface area contributed by atoms with Gasteiger partial charge in [0.15, 0.2) is 5.13 Å². The molecule has 0 aliphatic carbocycles. The Labute approximate surface area is 169 Å². The van der Waals surface area contributed by atoms with Gasteiger partial charge in [-0.1, -0.05) is 24.3 Å². The number of carbonyl (C=O) groups excluding carboxylic acids is 2. The molecule has 2 aliphatic rings. The van der Waals surface area contributed by atoms with E-state index in [-0.39, 0.29) is 17.9 Å². The van der Waals surface area contributed by atoms with E-state index in [0.717, 1.165) is 37.2 Å². The molecule has 2 fully saturated rings. The maximum Gasteiger partial charge on any atom is 0.319 e. The first-order valence-corrected chi connectivity index (χ1v) is 10.9. The van der Waals surface area contributed by atoms with Crippen LogP contribution in [0.25, 0.3) is 11.3 Å². The lowest BCUT2D eigenvalue weighted by molar-refractivity contribution is -0.121. The van der Waals surface area contributed by atoms with Crippen LogP contribution in [-0.4, -0.2) is 52.9 Å². The van der Waals surface area contributed by atoms with E-state index < -0.39 is 0 Å². The minimum atomic E-state index is -0.0616. The zero-order valence-electron chi connectivity index (χ0n) is 16.2. The predicted octanol–water partition coefficient (Wildman–Crippen LogP) is 3.98. The largest absolute Gasteiger partial charge is 0.325 e. The molecule has 0 bridgehead atoms. The molecule has 4 rings (SSSR count). The van der Waals surface area contributed by atoms with Gasteiger partial charge in [-0.05, 0) is 38.2 Å². The van der Waals surface area contributed by atoms with Gasteiger partial charge in [0.25, 0.3) is 0 Å². The predicted molar refractivity (Wildman–Crippen MR) is 111 cm³/mol. The fraction of sp³-hybridized carbons (Fsp3) is 0.476. The van der Waals surface area contributed by atoms with E-state index in [2.05, 4.69) is 23.3 Å². The van der Waals surface area contributed by atoms with Crippen molar-refractivity contribution in [1.82, 2.24) is 14.8 Å². The first-order chi connectivity index (χ1) is 13.6. The number of likely N-dealkylation sites (tertiary alicyclic amines) is 2. The number of aryl methyl sites for hydroxylation is 1. The van der Waals surface area contributed by atoms with Crippen molar-refractivity contribution in [1.29, 1.82) is 0 Å². The number of urea groups is 1. The molecule has 0 unspecified atom stereocenters. The summed E-state index contributed by atoms with van der Waals surface area (Å²) in [6.07, 6.45) is 3.62. The maximum absolute atomic E-state index is 12.7. The second-order valence-corrected chi connectivity index (χ2v) is 8.44. The van der Waals surface area contributed by atoms with Crippen molar-refractivity contribution in [3.8, 4) is 11.3 Å². The Hall–Kier alpha value is -2.41. The third kappa shape index (κ3) is 4.04. The van der Waals surface area contributed by atoms with Gasteiger partial charge in [0.2, 0.25) is 5.91 Å². The van der Waals surface area contributed by atoms with Crippen LogP contribution in [0.15, 0.2) is 29.6 Å². The highest BCUT2D eigenvalue weighted by Crippen LogP contribution is 2.28.